The van der Waals surface area contributed by atoms with E-state index in [-0.39, 0.29) is 18.2 Å². The Kier molecular flexibility index (Phi) is 4.00. The number of hydrogen-bond donors (Lipinski definition) is 1. The van der Waals surface area contributed by atoms with Crippen molar-refractivity contribution in [3.05, 3.63) is 12.2 Å². The minimum Gasteiger partial charge on any atom is -0.373 e. The zero-order chi connectivity index (χ0) is 15.0. The van der Waals surface area contributed by atoms with Gasteiger partial charge in [-0.15, -0.1) is 0 Å². The van der Waals surface area contributed by atoms with Gasteiger partial charge in [0.25, 0.3) is 10.2 Å². The molecule has 21 heavy (non-hydrogen) atoms. The molecular weight excluding hydrogens is 294 g/mol. The first-order chi connectivity index (χ1) is 9.95. The molecule has 2 aliphatic rings. The van der Waals surface area contributed by atoms with Crippen molar-refractivity contribution in [2.45, 2.75) is 51.5 Å². The average molecular weight is 315 g/mol. The normalized spacial score (nSPS) is 31.0. The molecule has 0 saturated carbocycles. The zero-order valence-corrected chi connectivity index (χ0v) is 13.1. The summed E-state index contributed by atoms with van der Waals surface area (Å²) in [5, 5.41) is 4.11. The molecule has 2 aliphatic heterocycles. The second-order valence-electron chi connectivity index (χ2n) is 5.73. The molecular formula is C12H21N5O3S. The monoisotopic (exact) mass is 315 g/mol. The number of morpholine rings is 1. The van der Waals surface area contributed by atoms with E-state index in [1.165, 1.54) is 10.6 Å². The van der Waals surface area contributed by atoms with Crippen molar-refractivity contribution in [2.75, 3.05) is 13.1 Å². The van der Waals surface area contributed by atoms with Gasteiger partial charge in [-0.3, -0.25) is 0 Å². The highest BCUT2D eigenvalue weighted by Crippen LogP contribution is 2.24. The molecule has 3 heterocycles. The molecule has 0 aromatic carbocycles. The van der Waals surface area contributed by atoms with Gasteiger partial charge >= 0.3 is 0 Å². The Bertz CT molecular complexity index is 592. The van der Waals surface area contributed by atoms with Gasteiger partial charge in [0.15, 0.2) is 0 Å². The number of hydrogen-bond acceptors (Lipinski definition) is 5. The van der Waals surface area contributed by atoms with E-state index in [0.29, 0.717) is 18.9 Å². The van der Waals surface area contributed by atoms with Gasteiger partial charge < -0.3 is 4.74 Å². The van der Waals surface area contributed by atoms with Crippen molar-refractivity contribution >= 4 is 10.2 Å². The van der Waals surface area contributed by atoms with E-state index in [1.807, 2.05) is 13.8 Å². The molecule has 1 N–H and O–H groups in total. The largest absolute Gasteiger partial charge is 0.373 e. The van der Waals surface area contributed by atoms with Gasteiger partial charge in [-0.2, -0.15) is 22.5 Å². The van der Waals surface area contributed by atoms with E-state index in [0.717, 1.165) is 19.4 Å². The molecule has 1 aromatic heterocycles. The predicted octanol–water partition coefficient (Wildman–Crippen LogP) is 0.0566. The first-order valence-corrected chi connectivity index (χ1v) is 8.70. The van der Waals surface area contributed by atoms with Crippen LogP contribution in [0.25, 0.3) is 0 Å². The summed E-state index contributed by atoms with van der Waals surface area (Å²) in [7, 11) is -3.55. The van der Waals surface area contributed by atoms with Gasteiger partial charge in [-0.25, -0.2) is 9.67 Å². The summed E-state index contributed by atoms with van der Waals surface area (Å²) in [6.45, 7) is 5.31. The standard InChI is InChI=1S/C12H21N5O3S/c1-9-6-16(7-10(2)20-9)21(18,19)15-11-4-3-5-17-12(11)13-8-14-17/h8-11,15H,3-7H2,1-2H3/t9-,10-,11-/m1/s1. The summed E-state index contributed by atoms with van der Waals surface area (Å²) < 4.78 is 36.7. The van der Waals surface area contributed by atoms with Crippen molar-refractivity contribution in [1.82, 2.24) is 23.8 Å². The van der Waals surface area contributed by atoms with Crippen molar-refractivity contribution < 1.29 is 13.2 Å². The number of rotatable bonds is 3. The Balaban J connectivity index is 1.75. The quantitative estimate of drug-likeness (QED) is 0.852. The van der Waals surface area contributed by atoms with Crippen molar-refractivity contribution in [3.63, 3.8) is 0 Å². The molecule has 0 bridgehead atoms. The SMILES string of the molecule is C[C@@H]1CN(S(=O)(=O)N[C@@H]2CCCn3ncnc32)C[C@@H](C)O1. The predicted molar refractivity (Wildman–Crippen MR) is 75.6 cm³/mol. The second kappa shape index (κ2) is 5.64. The second-order valence-corrected chi connectivity index (χ2v) is 7.44. The number of fused-ring (bicyclic) bond motifs is 1. The average Bonchev–Trinajstić information content (AvgIpc) is 2.86. The lowest BCUT2D eigenvalue weighted by Gasteiger charge is -2.35. The fourth-order valence-electron chi connectivity index (χ4n) is 2.98. The molecule has 9 heteroatoms. The first kappa shape index (κ1) is 14.9. The molecule has 0 unspecified atom stereocenters. The molecule has 0 spiro atoms. The molecule has 0 amide bonds. The molecule has 1 fully saturated rings. The third-order valence-electron chi connectivity index (χ3n) is 3.84. The number of aromatic nitrogens is 3. The van der Waals surface area contributed by atoms with Gasteiger partial charge in [-0.05, 0) is 26.7 Å². The van der Waals surface area contributed by atoms with E-state index in [1.54, 1.807) is 4.68 Å². The molecule has 8 nitrogen and oxygen atoms in total. The van der Waals surface area contributed by atoms with Gasteiger partial charge in [0.2, 0.25) is 0 Å². The maximum absolute atomic E-state index is 12.6. The van der Waals surface area contributed by atoms with Crippen LogP contribution in [-0.2, 0) is 21.5 Å². The maximum Gasteiger partial charge on any atom is 0.280 e. The van der Waals surface area contributed by atoms with E-state index >= 15 is 0 Å². The van der Waals surface area contributed by atoms with Crippen LogP contribution in [0.5, 0.6) is 0 Å². The summed E-state index contributed by atoms with van der Waals surface area (Å²) in [6.07, 6.45) is 2.91. The minimum absolute atomic E-state index is 0.0969. The van der Waals surface area contributed by atoms with Crippen LogP contribution in [0.3, 0.4) is 0 Å². The third-order valence-corrected chi connectivity index (χ3v) is 5.40. The molecule has 3 rings (SSSR count). The Morgan fingerprint density at radius 2 is 2.05 bits per heavy atom. The molecule has 118 valence electrons. The summed E-state index contributed by atoms with van der Waals surface area (Å²) in [4.78, 5) is 4.18. The van der Waals surface area contributed by atoms with Crippen LogP contribution in [0.4, 0.5) is 0 Å². The van der Waals surface area contributed by atoms with Crippen LogP contribution in [0.2, 0.25) is 0 Å². The van der Waals surface area contributed by atoms with Crippen molar-refractivity contribution in [3.8, 4) is 0 Å². The number of aryl methyl sites for hydroxylation is 1. The first-order valence-electron chi connectivity index (χ1n) is 7.26. The highest BCUT2D eigenvalue weighted by molar-refractivity contribution is 7.87. The van der Waals surface area contributed by atoms with Crippen LogP contribution < -0.4 is 4.72 Å². The topological polar surface area (TPSA) is 89.4 Å². The van der Waals surface area contributed by atoms with Crippen LogP contribution in [0.1, 0.15) is 38.6 Å². The van der Waals surface area contributed by atoms with E-state index < -0.39 is 10.2 Å². The molecule has 1 aromatic rings. The number of ether oxygens (including phenoxy) is 1. The van der Waals surface area contributed by atoms with E-state index in [9.17, 15) is 8.42 Å². The lowest BCUT2D eigenvalue weighted by Crippen LogP contribution is -2.52. The highest BCUT2D eigenvalue weighted by Gasteiger charge is 2.34. The lowest BCUT2D eigenvalue weighted by atomic mass is 10.1. The zero-order valence-electron chi connectivity index (χ0n) is 12.3. The minimum atomic E-state index is -3.55. The van der Waals surface area contributed by atoms with Crippen LogP contribution >= 0.6 is 0 Å². The molecule has 3 atom stereocenters. The molecule has 1 saturated heterocycles. The van der Waals surface area contributed by atoms with Crippen LogP contribution in [0, 0.1) is 0 Å². The Labute approximate surface area is 124 Å². The number of nitrogens with one attached hydrogen (secondary N) is 1. The van der Waals surface area contributed by atoms with Gasteiger partial charge in [0, 0.05) is 19.6 Å². The van der Waals surface area contributed by atoms with Crippen LogP contribution in [-0.4, -0.2) is 52.8 Å². The lowest BCUT2D eigenvalue weighted by molar-refractivity contribution is -0.0445. The van der Waals surface area contributed by atoms with Crippen LogP contribution in [0.15, 0.2) is 6.33 Å². The van der Waals surface area contributed by atoms with Gasteiger partial charge in [0.05, 0.1) is 18.2 Å². The van der Waals surface area contributed by atoms with Gasteiger partial charge in [-0.1, -0.05) is 0 Å². The molecule has 0 aliphatic carbocycles. The molecule has 0 radical (unpaired) electrons. The summed E-state index contributed by atoms with van der Waals surface area (Å²) in [5.74, 6) is 0.694. The Morgan fingerprint density at radius 3 is 2.76 bits per heavy atom. The Morgan fingerprint density at radius 1 is 1.33 bits per heavy atom. The van der Waals surface area contributed by atoms with E-state index in [4.69, 9.17) is 4.74 Å². The summed E-state index contributed by atoms with van der Waals surface area (Å²) in [5.41, 5.74) is 0. The third kappa shape index (κ3) is 3.10. The van der Waals surface area contributed by atoms with Crippen molar-refractivity contribution in [1.29, 1.82) is 0 Å². The maximum atomic E-state index is 12.6. The smallest absolute Gasteiger partial charge is 0.280 e. The highest BCUT2D eigenvalue weighted by atomic mass is 32.2. The fourth-order valence-corrected chi connectivity index (χ4v) is 4.53. The Hall–Kier alpha value is -1.03. The fraction of sp³-hybridized carbons (Fsp3) is 0.833. The summed E-state index contributed by atoms with van der Waals surface area (Å²) >= 11 is 0. The summed E-state index contributed by atoms with van der Waals surface area (Å²) in [6, 6.07) is -0.306. The van der Waals surface area contributed by atoms with E-state index in [2.05, 4.69) is 14.8 Å². The van der Waals surface area contributed by atoms with Gasteiger partial charge in [0.1, 0.15) is 12.2 Å². The van der Waals surface area contributed by atoms with Crippen molar-refractivity contribution in [2.24, 2.45) is 0 Å². The number of nitrogens with zero attached hydrogens (tertiary/aromatic N) is 4.